The molecule has 2 rings (SSSR count). The predicted octanol–water partition coefficient (Wildman–Crippen LogP) is 4.66. The first kappa shape index (κ1) is 14.6. The van der Waals surface area contributed by atoms with Crippen molar-refractivity contribution in [3.63, 3.8) is 0 Å². The maximum absolute atomic E-state index is 3.59. The highest BCUT2D eigenvalue weighted by molar-refractivity contribution is 5.32. The van der Waals surface area contributed by atoms with Gasteiger partial charge >= 0.3 is 0 Å². The Balaban J connectivity index is 1.78. The van der Waals surface area contributed by atoms with E-state index < -0.39 is 0 Å². The summed E-state index contributed by atoms with van der Waals surface area (Å²) in [5.41, 5.74) is 3.25. The van der Waals surface area contributed by atoms with Gasteiger partial charge < -0.3 is 5.32 Å². The van der Waals surface area contributed by atoms with Crippen LogP contribution in [0.4, 0.5) is 0 Å². The zero-order chi connectivity index (χ0) is 13.5. The third kappa shape index (κ3) is 4.35. The van der Waals surface area contributed by atoms with E-state index in [-0.39, 0.29) is 0 Å². The summed E-state index contributed by atoms with van der Waals surface area (Å²) in [4.78, 5) is 0. The van der Waals surface area contributed by atoms with E-state index in [1.807, 2.05) is 0 Å². The molecule has 1 aromatic rings. The molecule has 1 aliphatic carbocycles. The lowest BCUT2D eigenvalue weighted by Crippen LogP contribution is -2.26. The zero-order valence-corrected chi connectivity index (χ0v) is 12.6. The lowest BCUT2D eigenvalue weighted by atomic mass is 9.80. The summed E-state index contributed by atoms with van der Waals surface area (Å²) in [6.07, 6.45) is 9.35. The highest BCUT2D eigenvalue weighted by Gasteiger charge is 2.19. The van der Waals surface area contributed by atoms with Gasteiger partial charge in [0.05, 0.1) is 0 Å². The van der Waals surface area contributed by atoms with Crippen LogP contribution >= 0.6 is 0 Å². The van der Waals surface area contributed by atoms with Crippen LogP contribution < -0.4 is 5.32 Å². The lowest BCUT2D eigenvalue weighted by Gasteiger charge is -2.26. The molecule has 106 valence electrons. The molecule has 0 fully saturated rings. The zero-order valence-electron chi connectivity index (χ0n) is 12.6. The average Bonchev–Trinajstić information content (AvgIpc) is 2.45. The van der Waals surface area contributed by atoms with Gasteiger partial charge in [0.15, 0.2) is 0 Å². The van der Waals surface area contributed by atoms with Crippen LogP contribution in [0.25, 0.3) is 0 Å². The predicted molar refractivity (Wildman–Crippen MR) is 83.7 cm³/mol. The van der Waals surface area contributed by atoms with E-state index in [1.54, 1.807) is 11.1 Å². The summed E-state index contributed by atoms with van der Waals surface area (Å²) in [6.45, 7) is 5.72. The van der Waals surface area contributed by atoms with Crippen LogP contribution in [0.15, 0.2) is 24.3 Å². The van der Waals surface area contributed by atoms with Gasteiger partial charge in [-0.3, -0.25) is 0 Å². The van der Waals surface area contributed by atoms with E-state index in [9.17, 15) is 0 Å². The van der Waals surface area contributed by atoms with Crippen LogP contribution in [-0.2, 0) is 6.42 Å². The van der Waals surface area contributed by atoms with Crippen molar-refractivity contribution in [2.24, 2.45) is 0 Å². The van der Waals surface area contributed by atoms with Gasteiger partial charge in [-0.1, -0.05) is 37.6 Å². The van der Waals surface area contributed by atoms with Gasteiger partial charge in [0.2, 0.25) is 0 Å². The number of aryl methyl sites for hydroxylation is 1. The Kier molecular flexibility index (Phi) is 5.91. The second kappa shape index (κ2) is 7.69. The van der Waals surface area contributed by atoms with E-state index in [1.165, 1.54) is 44.9 Å². The van der Waals surface area contributed by atoms with Gasteiger partial charge in [-0.25, -0.2) is 0 Å². The number of fused-ring (bicyclic) bond motifs is 1. The molecule has 1 N–H and O–H groups in total. The molecule has 0 spiro atoms. The Morgan fingerprint density at radius 2 is 2.16 bits per heavy atom. The van der Waals surface area contributed by atoms with E-state index in [0.717, 1.165) is 12.5 Å². The molecular weight excluding hydrogens is 230 g/mol. The molecule has 2 atom stereocenters. The van der Waals surface area contributed by atoms with Crippen molar-refractivity contribution in [2.45, 2.75) is 70.8 Å². The standard InChI is InChI=1S/C18H29N/c1-3-14-19-15(2)8-6-10-17-12-7-11-16-9-4-5-13-18(16)17/h4-5,9,13,15,17,19H,3,6-8,10-12,14H2,1-2H3. The number of hydrogen-bond acceptors (Lipinski definition) is 1. The van der Waals surface area contributed by atoms with E-state index in [4.69, 9.17) is 0 Å². The minimum absolute atomic E-state index is 0.679. The molecule has 0 aromatic heterocycles. The molecule has 1 aliphatic rings. The third-order valence-electron chi connectivity index (χ3n) is 4.43. The minimum Gasteiger partial charge on any atom is -0.314 e. The highest BCUT2D eigenvalue weighted by Crippen LogP contribution is 2.34. The monoisotopic (exact) mass is 259 g/mol. The topological polar surface area (TPSA) is 12.0 Å². The Hall–Kier alpha value is -0.820. The molecule has 0 saturated carbocycles. The fourth-order valence-corrected chi connectivity index (χ4v) is 3.32. The summed E-state index contributed by atoms with van der Waals surface area (Å²) in [6, 6.07) is 9.77. The molecule has 0 amide bonds. The summed E-state index contributed by atoms with van der Waals surface area (Å²) in [5.74, 6) is 0.823. The summed E-state index contributed by atoms with van der Waals surface area (Å²) in [7, 11) is 0. The minimum atomic E-state index is 0.679. The summed E-state index contributed by atoms with van der Waals surface area (Å²) >= 11 is 0. The van der Waals surface area contributed by atoms with Crippen molar-refractivity contribution < 1.29 is 0 Å². The molecule has 0 bridgehead atoms. The van der Waals surface area contributed by atoms with Gasteiger partial charge in [-0.15, -0.1) is 0 Å². The normalized spacial score (nSPS) is 20.0. The molecule has 0 radical (unpaired) electrons. The van der Waals surface area contributed by atoms with Crippen molar-refractivity contribution in [3.8, 4) is 0 Å². The van der Waals surface area contributed by atoms with Gasteiger partial charge in [0.1, 0.15) is 0 Å². The fourth-order valence-electron chi connectivity index (χ4n) is 3.32. The van der Waals surface area contributed by atoms with Crippen molar-refractivity contribution in [2.75, 3.05) is 6.54 Å². The smallest absolute Gasteiger partial charge is 0.00387 e. The molecule has 2 unspecified atom stereocenters. The first-order chi connectivity index (χ1) is 9.31. The first-order valence-corrected chi connectivity index (χ1v) is 8.12. The SMILES string of the molecule is CCCNC(C)CCCC1CCCc2ccccc21. The number of nitrogens with one attached hydrogen (secondary N) is 1. The number of benzene rings is 1. The third-order valence-corrected chi connectivity index (χ3v) is 4.43. The van der Waals surface area contributed by atoms with Crippen molar-refractivity contribution in [3.05, 3.63) is 35.4 Å². The summed E-state index contributed by atoms with van der Waals surface area (Å²) < 4.78 is 0. The van der Waals surface area contributed by atoms with Crippen LogP contribution in [0.3, 0.4) is 0 Å². The molecular formula is C18H29N. The fraction of sp³-hybridized carbons (Fsp3) is 0.667. The maximum Gasteiger partial charge on any atom is 0.00387 e. The van der Waals surface area contributed by atoms with E-state index >= 15 is 0 Å². The molecule has 0 aliphatic heterocycles. The van der Waals surface area contributed by atoms with Gasteiger partial charge in [-0.2, -0.15) is 0 Å². The molecule has 19 heavy (non-hydrogen) atoms. The highest BCUT2D eigenvalue weighted by atomic mass is 14.9. The Labute approximate surface area is 118 Å². The molecule has 0 heterocycles. The lowest BCUT2D eigenvalue weighted by molar-refractivity contribution is 0.448. The van der Waals surface area contributed by atoms with Crippen molar-refractivity contribution in [1.29, 1.82) is 0 Å². The summed E-state index contributed by atoms with van der Waals surface area (Å²) in [5, 5.41) is 3.59. The van der Waals surface area contributed by atoms with Crippen LogP contribution in [0, 0.1) is 0 Å². The quantitative estimate of drug-likeness (QED) is 0.750. The second-order valence-electron chi connectivity index (χ2n) is 6.07. The second-order valence-corrected chi connectivity index (χ2v) is 6.07. The average molecular weight is 259 g/mol. The number of rotatable bonds is 7. The first-order valence-electron chi connectivity index (χ1n) is 8.12. The molecule has 1 aromatic carbocycles. The van der Waals surface area contributed by atoms with Crippen molar-refractivity contribution in [1.82, 2.24) is 5.32 Å². The van der Waals surface area contributed by atoms with E-state index in [0.29, 0.717) is 6.04 Å². The van der Waals surface area contributed by atoms with Crippen LogP contribution in [0.5, 0.6) is 0 Å². The Morgan fingerprint density at radius 1 is 1.32 bits per heavy atom. The van der Waals surface area contributed by atoms with Gasteiger partial charge in [0.25, 0.3) is 0 Å². The van der Waals surface area contributed by atoms with Gasteiger partial charge in [-0.05, 0) is 69.0 Å². The molecule has 1 heteroatoms. The van der Waals surface area contributed by atoms with Crippen LogP contribution in [-0.4, -0.2) is 12.6 Å². The molecule has 0 saturated heterocycles. The Morgan fingerprint density at radius 3 is 3.00 bits per heavy atom. The molecule has 1 nitrogen and oxygen atoms in total. The van der Waals surface area contributed by atoms with Gasteiger partial charge in [0, 0.05) is 6.04 Å². The van der Waals surface area contributed by atoms with Crippen molar-refractivity contribution >= 4 is 0 Å². The van der Waals surface area contributed by atoms with Crippen LogP contribution in [0.1, 0.15) is 69.4 Å². The van der Waals surface area contributed by atoms with Crippen LogP contribution in [0.2, 0.25) is 0 Å². The largest absolute Gasteiger partial charge is 0.314 e. The Bertz CT molecular complexity index is 372. The maximum atomic E-state index is 3.59. The number of hydrogen-bond donors (Lipinski definition) is 1. The van der Waals surface area contributed by atoms with E-state index in [2.05, 4.69) is 43.4 Å².